The molecular weight excluding hydrogens is 284 g/mol. The Bertz CT molecular complexity index is 652. The van der Waals surface area contributed by atoms with Crippen molar-refractivity contribution in [2.24, 2.45) is 11.0 Å². The van der Waals surface area contributed by atoms with Gasteiger partial charge in [-0.15, -0.1) is 0 Å². The van der Waals surface area contributed by atoms with Gasteiger partial charge in [0, 0.05) is 10.9 Å². The summed E-state index contributed by atoms with van der Waals surface area (Å²) in [7, 11) is 0. The van der Waals surface area contributed by atoms with Crippen LogP contribution in [0.15, 0.2) is 59.7 Å². The second-order valence-corrected chi connectivity index (χ2v) is 5.58. The standard InChI is InChI=1S/C17H15ClN2O/c18-14-8-6-12(7-9-14)11-19-20-17(21)16-10-15(16)13-4-2-1-3-5-13/h1-9,11,15-16H,10H2,(H,20,21)/b19-11-/t15-,16-/m1/s1. The van der Waals surface area contributed by atoms with Crippen LogP contribution < -0.4 is 5.43 Å². The van der Waals surface area contributed by atoms with Crippen LogP contribution in [0.25, 0.3) is 0 Å². The molecule has 3 nitrogen and oxygen atoms in total. The number of nitrogens with one attached hydrogen (secondary N) is 1. The maximum absolute atomic E-state index is 12.0. The molecule has 1 N–H and O–H groups in total. The molecule has 0 heterocycles. The second-order valence-electron chi connectivity index (χ2n) is 5.15. The van der Waals surface area contributed by atoms with Gasteiger partial charge in [-0.1, -0.05) is 54.1 Å². The van der Waals surface area contributed by atoms with Gasteiger partial charge in [0.15, 0.2) is 0 Å². The highest BCUT2D eigenvalue weighted by Gasteiger charge is 2.43. The first kappa shape index (κ1) is 13.8. The number of hydrazone groups is 1. The van der Waals surface area contributed by atoms with Crippen molar-refractivity contribution in [3.63, 3.8) is 0 Å². The summed E-state index contributed by atoms with van der Waals surface area (Å²) >= 11 is 5.81. The van der Waals surface area contributed by atoms with Gasteiger partial charge in [-0.25, -0.2) is 5.43 Å². The first-order chi connectivity index (χ1) is 10.2. The molecule has 0 saturated heterocycles. The summed E-state index contributed by atoms with van der Waals surface area (Å²) in [5.41, 5.74) is 4.72. The summed E-state index contributed by atoms with van der Waals surface area (Å²) < 4.78 is 0. The van der Waals surface area contributed by atoms with Gasteiger partial charge in [0.05, 0.1) is 6.21 Å². The summed E-state index contributed by atoms with van der Waals surface area (Å²) in [6.45, 7) is 0. The highest BCUT2D eigenvalue weighted by Crippen LogP contribution is 2.47. The van der Waals surface area contributed by atoms with Crippen molar-refractivity contribution in [3.05, 3.63) is 70.7 Å². The van der Waals surface area contributed by atoms with Gasteiger partial charge in [0.25, 0.3) is 0 Å². The largest absolute Gasteiger partial charge is 0.273 e. The van der Waals surface area contributed by atoms with Crippen LogP contribution in [0.5, 0.6) is 0 Å². The summed E-state index contributed by atoms with van der Waals surface area (Å²) in [6.07, 6.45) is 2.51. The molecule has 2 aromatic rings. The Morgan fingerprint density at radius 2 is 1.86 bits per heavy atom. The Hall–Kier alpha value is -2.13. The van der Waals surface area contributed by atoms with Gasteiger partial charge >= 0.3 is 0 Å². The van der Waals surface area contributed by atoms with Crippen LogP contribution in [-0.2, 0) is 4.79 Å². The van der Waals surface area contributed by atoms with Crippen LogP contribution in [0.2, 0.25) is 5.02 Å². The molecule has 1 aliphatic rings. The molecule has 0 radical (unpaired) electrons. The van der Waals surface area contributed by atoms with Crippen LogP contribution in [0, 0.1) is 5.92 Å². The Balaban J connectivity index is 1.53. The predicted molar refractivity (Wildman–Crippen MR) is 84.5 cm³/mol. The van der Waals surface area contributed by atoms with E-state index >= 15 is 0 Å². The minimum atomic E-state index is -0.0194. The summed E-state index contributed by atoms with van der Waals surface area (Å²) in [4.78, 5) is 12.0. The number of nitrogens with zero attached hydrogens (tertiary/aromatic N) is 1. The molecule has 0 unspecified atom stereocenters. The van der Waals surface area contributed by atoms with Crippen LogP contribution >= 0.6 is 11.6 Å². The third-order valence-electron chi connectivity index (χ3n) is 3.61. The normalized spacial score (nSPS) is 20.4. The molecule has 2 aromatic carbocycles. The number of hydrogen-bond donors (Lipinski definition) is 1. The average molecular weight is 299 g/mol. The smallest absolute Gasteiger partial charge is 0.243 e. The molecule has 21 heavy (non-hydrogen) atoms. The van der Waals surface area contributed by atoms with E-state index in [1.807, 2.05) is 30.3 Å². The van der Waals surface area contributed by atoms with E-state index in [1.165, 1.54) is 5.56 Å². The molecule has 106 valence electrons. The third-order valence-corrected chi connectivity index (χ3v) is 3.87. The number of halogens is 1. The van der Waals surface area contributed by atoms with Crippen LogP contribution in [0.1, 0.15) is 23.5 Å². The lowest BCUT2D eigenvalue weighted by Gasteiger charge is -2.00. The maximum Gasteiger partial charge on any atom is 0.243 e. The molecule has 1 amide bonds. The number of carbonyl (C=O) groups is 1. The molecule has 1 saturated carbocycles. The molecule has 4 heteroatoms. The lowest BCUT2D eigenvalue weighted by Crippen LogP contribution is -2.20. The van der Waals surface area contributed by atoms with Crippen molar-refractivity contribution in [1.29, 1.82) is 0 Å². The maximum atomic E-state index is 12.0. The van der Waals surface area contributed by atoms with Gasteiger partial charge in [-0.2, -0.15) is 5.10 Å². The molecule has 1 aliphatic carbocycles. The number of rotatable bonds is 4. The topological polar surface area (TPSA) is 41.5 Å². The van der Waals surface area contributed by atoms with Crippen LogP contribution in [-0.4, -0.2) is 12.1 Å². The third kappa shape index (κ3) is 3.50. The number of carbonyl (C=O) groups excluding carboxylic acids is 1. The fourth-order valence-electron chi connectivity index (χ4n) is 2.36. The molecular formula is C17H15ClN2O. The van der Waals surface area contributed by atoms with Crippen molar-refractivity contribution in [1.82, 2.24) is 5.43 Å². The van der Waals surface area contributed by atoms with Gasteiger partial charge in [0.1, 0.15) is 0 Å². The number of amides is 1. The zero-order valence-electron chi connectivity index (χ0n) is 11.4. The van der Waals surface area contributed by atoms with E-state index in [0.29, 0.717) is 10.9 Å². The number of hydrogen-bond acceptors (Lipinski definition) is 2. The van der Waals surface area contributed by atoms with E-state index in [1.54, 1.807) is 18.3 Å². The van der Waals surface area contributed by atoms with E-state index in [2.05, 4.69) is 22.7 Å². The zero-order chi connectivity index (χ0) is 14.7. The quantitative estimate of drug-likeness (QED) is 0.680. The first-order valence-electron chi connectivity index (χ1n) is 6.87. The van der Waals surface area contributed by atoms with Crippen LogP contribution in [0.4, 0.5) is 0 Å². The summed E-state index contributed by atoms with van der Waals surface area (Å²) in [5.74, 6) is 0.348. The Morgan fingerprint density at radius 1 is 1.14 bits per heavy atom. The molecule has 0 bridgehead atoms. The molecule has 2 atom stereocenters. The van der Waals surface area contributed by atoms with Gasteiger partial charge in [-0.3, -0.25) is 4.79 Å². The van der Waals surface area contributed by atoms with Crippen molar-refractivity contribution in [3.8, 4) is 0 Å². The van der Waals surface area contributed by atoms with E-state index in [0.717, 1.165) is 12.0 Å². The molecule has 0 aliphatic heterocycles. The number of benzene rings is 2. The van der Waals surface area contributed by atoms with Gasteiger partial charge in [0.2, 0.25) is 5.91 Å². The van der Waals surface area contributed by atoms with Gasteiger partial charge < -0.3 is 0 Å². The predicted octanol–water partition coefficient (Wildman–Crippen LogP) is 3.59. The Labute approximate surface area is 128 Å². The molecule has 0 aromatic heterocycles. The fraction of sp³-hybridized carbons (Fsp3) is 0.176. The van der Waals surface area contributed by atoms with E-state index in [-0.39, 0.29) is 11.8 Å². The van der Waals surface area contributed by atoms with Crippen LogP contribution in [0.3, 0.4) is 0 Å². The molecule has 0 spiro atoms. The van der Waals surface area contributed by atoms with E-state index < -0.39 is 0 Å². The summed E-state index contributed by atoms with van der Waals surface area (Å²) in [5, 5.41) is 4.67. The van der Waals surface area contributed by atoms with Crippen molar-refractivity contribution >= 4 is 23.7 Å². The highest BCUT2D eigenvalue weighted by molar-refractivity contribution is 6.30. The zero-order valence-corrected chi connectivity index (χ0v) is 12.1. The van der Waals surface area contributed by atoms with E-state index in [4.69, 9.17) is 11.6 Å². The Morgan fingerprint density at radius 3 is 2.57 bits per heavy atom. The lowest BCUT2D eigenvalue weighted by molar-refractivity contribution is -0.122. The molecule has 3 rings (SSSR count). The van der Waals surface area contributed by atoms with E-state index in [9.17, 15) is 4.79 Å². The van der Waals surface area contributed by atoms with Crippen molar-refractivity contribution < 1.29 is 4.79 Å². The Kier molecular flexibility index (Phi) is 4.02. The average Bonchev–Trinajstić information content (AvgIpc) is 3.31. The van der Waals surface area contributed by atoms with Gasteiger partial charge in [-0.05, 0) is 35.6 Å². The highest BCUT2D eigenvalue weighted by atomic mass is 35.5. The lowest BCUT2D eigenvalue weighted by atomic mass is 10.1. The van der Waals surface area contributed by atoms with Crippen molar-refractivity contribution in [2.45, 2.75) is 12.3 Å². The minimum absolute atomic E-state index is 0.0194. The molecule has 1 fully saturated rings. The monoisotopic (exact) mass is 298 g/mol. The SMILES string of the molecule is O=C(N/N=C\c1ccc(Cl)cc1)[C@@H]1C[C@@H]1c1ccccc1. The minimum Gasteiger partial charge on any atom is -0.273 e. The first-order valence-corrected chi connectivity index (χ1v) is 7.25. The summed E-state index contributed by atoms with van der Waals surface area (Å²) in [6, 6.07) is 17.4. The second kappa shape index (κ2) is 6.10. The van der Waals surface area contributed by atoms with Crippen molar-refractivity contribution in [2.75, 3.05) is 0 Å². The fourth-order valence-corrected chi connectivity index (χ4v) is 2.48.